The van der Waals surface area contributed by atoms with Gasteiger partial charge in [-0.05, 0) is 41.2 Å². The van der Waals surface area contributed by atoms with Crippen molar-refractivity contribution < 1.29 is 18.4 Å². The molecule has 2 aliphatic heterocycles. The van der Waals surface area contributed by atoms with Crippen LogP contribution in [0.5, 0.6) is 0 Å². The molecule has 0 aromatic heterocycles. The zero-order chi connectivity index (χ0) is 22.1. The van der Waals surface area contributed by atoms with Gasteiger partial charge in [-0.3, -0.25) is 4.79 Å². The molecule has 3 amide bonds. The van der Waals surface area contributed by atoms with Crippen LogP contribution in [0.15, 0.2) is 42.5 Å². The summed E-state index contributed by atoms with van der Waals surface area (Å²) in [6.07, 6.45) is 2.79. The molecule has 0 radical (unpaired) electrons. The number of nitrogens with zero attached hydrogens (tertiary/aromatic N) is 2. The quantitative estimate of drug-likeness (QED) is 0.769. The Balaban J connectivity index is 1.44. The van der Waals surface area contributed by atoms with E-state index in [2.05, 4.69) is 37.4 Å². The van der Waals surface area contributed by atoms with Crippen LogP contribution in [0.1, 0.15) is 42.9 Å². The number of urea groups is 1. The molecule has 2 aromatic carbocycles. The molecule has 2 heterocycles. The summed E-state index contributed by atoms with van der Waals surface area (Å²) in [4.78, 5) is 28.0. The second-order valence-corrected chi connectivity index (χ2v) is 8.23. The number of rotatable bonds is 4. The summed E-state index contributed by atoms with van der Waals surface area (Å²) < 4.78 is 27.7. The van der Waals surface area contributed by atoms with Crippen LogP contribution in [-0.2, 0) is 11.3 Å². The molecule has 0 atom stereocenters. The van der Waals surface area contributed by atoms with Gasteiger partial charge in [0, 0.05) is 18.7 Å². The average molecular weight is 425 g/mol. The highest BCUT2D eigenvalue weighted by atomic mass is 19.2. The summed E-state index contributed by atoms with van der Waals surface area (Å²) in [7, 11) is 0. The fourth-order valence-electron chi connectivity index (χ4n) is 4.15. The third-order valence-corrected chi connectivity index (χ3v) is 5.89. The van der Waals surface area contributed by atoms with E-state index in [0.717, 1.165) is 12.5 Å². The highest BCUT2D eigenvalue weighted by Gasteiger charge is 2.29. The van der Waals surface area contributed by atoms with Gasteiger partial charge in [-0.15, -0.1) is 0 Å². The van der Waals surface area contributed by atoms with Crippen molar-refractivity contribution in [1.29, 1.82) is 0 Å². The number of halogens is 2. The van der Waals surface area contributed by atoms with Crippen molar-refractivity contribution in [2.75, 3.05) is 25.0 Å². The Morgan fingerprint density at radius 3 is 2.65 bits per heavy atom. The minimum Gasteiger partial charge on any atom is -0.337 e. The number of benzene rings is 2. The lowest BCUT2D eigenvalue weighted by Gasteiger charge is -2.33. The third kappa shape index (κ3) is 4.17. The smallest absolute Gasteiger partial charge is 0.322 e. The first-order valence-electron chi connectivity index (χ1n) is 10.4. The fraction of sp³-hybridized carbons (Fsp3) is 0.333. The van der Waals surface area contributed by atoms with E-state index in [1.54, 1.807) is 4.90 Å². The first-order valence-corrected chi connectivity index (χ1v) is 10.4. The van der Waals surface area contributed by atoms with Crippen LogP contribution in [0.3, 0.4) is 0 Å². The van der Waals surface area contributed by atoms with Crippen LogP contribution in [0, 0.1) is 11.6 Å². The van der Waals surface area contributed by atoms with Crippen molar-refractivity contribution in [2.24, 2.45) is 0 Å². The van der Waals surface area contributed by atoms with Gasteiger partial charge in [0.2, 0.25) is 5.91 Å². The molecule has 0 bridgehead atoms. The van der Waals surface area contributed by atoms with Crippen molar-refractivity contribution in [3.63, 3.8) is 0 Å². The van der Waals surface area contributed by atoms with E-state index in [4.69, 9.17) is 0 Å². The van der Waals surface area contributed by atoms with Crippen LogP contribution >= 0.6 is 0 Å². The molecule has 4 rings (SSSR count). The van der Waals surface area contributed by atoms with Crippen molar-refractivity contribution in [1.82, 2.24) is 9.80 Å². The monoisotopic (exact) mass is 425 g/mol. The van der Waals surface area contributed by atoms with Crippen LogP contribution in [0.4, 0.5) is 19.3 Å². The van der Waals surface area contributed by atoms with E-state index in [1.165, 1.54) is 27.7 Å². The minimum atomic E-state index is -0.996. The number of hydrogen-bond acceptors (Lipinski definition) is 2. The van der Waals surface area contributed by atoms with Crippen LogP contribution in [0.25, 0.3) is 5.57 Å². The van der Waals surface area contributed by atoms with Crippen molar-refractivity contribution in [2.45, 2.75) is 32.7 Å². The second-order valence-electron chi connectivity index (χ2n) is 8.23. The zero-order valence-corrected chi connectivity index (χ0v) is 17.6. The summed E-state index contributed by atoms with van der Waals surface area (Å²) in [5, 5.41) is 2.53. The van der Waals surface area contributed by atoms with Gasteiger partial charge in [0.15, 0.2) is 11.6 Å². The van der Waals surface area contributed by atoms with Gasteiger partial charge >= 0.3 is 6.03 Å². The Kier molecular flexibility index (Phi) is 5.76. The highest BCUT2D eigenvalue weighted by molar-refractivity contribution is 5.95. The molecule has 0 saturated heterocycles. The molecule has 2 aromatic rings. The van der Waals surface area contributed by atoms with E-state index in [-0.39, 0.29) is 30.2 Å². The van der Waals surface area contributed by atoms with Gasteiger partial charge in [0.05, 0.1) is 12.2 Å². The summed E-state index contributed by atoms with van der Waals surface area (Å²) in [6, 6.07) is 10.1. The maximum atomic E-state index is 14.1. The molecular formula is C24H25F2N3O2. The summed E-state index contributed by atoms with van der Waals surface area (Å²) in [5.74, 6) is -1.79. The van der Waals surface area contributed by atoms with E-state index in [0.29, 0.717) is 19.0 Å². The van der Waals surface area contributed by atoms with Crippen molar-refractivity contribution >= 4 is 23.2 Å². The number of anilines is 1. The Morgan fingerprint density at radius 1 is 1.16 bits per heavy atom. The lowest BCUT2D eigenvalue weighted by atomic mass is 9.90. The predicted octanol–water partition coefficient (Wildman–Crippen LogP) is 4.75. The van der Waals surface area contributed by atoms with Crippen LogP contribution in [-0.4, -0.2) is 41.4 Å². The Bertz CT molecular complexity index is 1060. The van der Waals surface area contributed by atoms with Crippen LogP contribution in [0.2, 0.25) is 0 Å². The molecule has 7 heteroatoms. The number of hydrogen-bond donors (Lipinski definition) is 1. The normalized spacial score (nSPS) is 16.2. The zero-order valence-electron chi connectivity index (χ0n) is 17.6. The standard InChI is InChI=1S/C24H25F2N3O2/c1-15(2)17-5-3-4-6-18(17)16-9-11-28(12-10-16)22(30)14-29-13-19-21(27-24(29)31)8-7-20(25)23(19)26/h3-9,15H,10-14H2,1-2H3,(H,27,31). The first kappa shape index (κ1) is 21.0. The molecule has 0 aliphatic carbocycles. The largest absolute Gasteiger partial charge is 0.337 e. The molecule has 31 heavy (non-hydrogen) atoms. The van der Waals surface area contributed by atoms with Crippen molar-refractivity contribution in [3.8, 4) is 0 Å². The molecule has 5 nitrogen and oxygen atoms in total. The molecule has 0 unspecified atom stereocenters. The Hall–Kier alpha value is -3.22. The SMILES string of the molecule is CC(C)c1ccccc1C1=CCN(C(=O)CN2Cc3c(ccc(F)c3F)NC2=O)CC1. The maximum absolute atomic E-state index is 14.1. The van der Waals surface area contributed by atoms with E-state index in [9.17, 15) is 18.4 Å². The Labute approximate surface area is 180 Å². The topological polar surface area (TPSA) is 52.7 Å². The molecule has 0 spiro atoms. The van der Waals surface area contributed by atoms with Gasteiger partial charge in [0.25, 0.3) is 0 Å². The summed E-state index contributed by atoms with van der Waals surface area (Å²) in [6.45, 7) is 4.99. The summed E-state index contributed by atoms with van der Waals surface area (Å²) in [5.41, 5.74) is 4.01. The first-order chi connectivity index (χ1) is 14.8. The predicted molar refractivity (Wildman–Crippen MR) is 115 cm³/mol. The van der Waals surface area contributed by atoms with E-state index < -0.39 is 17.7 Å². The lowest BCUT2D eigenvalue weighted by Crippen LogP contribution is -2.47. The van der Waals surface area contributed by atoms with Gasteiger partial charge in [-0.1, -0.05) is 44.2 Å². The molecule has 2 aliphatic rings. The van der Waals surface area contributed by atoms with Crippen molar-refractivity contribution in [3.05, 3.63) is 70.8 Å². The Morgan fingerprint density at radius 2 is 1.94 bits per heavy atom. The second kappa shape index (κ2) is 8.49. The van der Waals surface area contributed by atoms with Crippen LogP contribution < -0.4 is 5.32 Å². The van der Waals surface area contributed by atoms with Gasteiger partial charge in [-0.25, -0.2) is 13.6 Å². The van der Waals surface area contributed by atoms with E-state index in [1.807, 2.05) is 12.1 Å². The number of fused-ring (bicyclic) bond motifs is 1. The van der Waals surface area contributed by atoms with Gasteiger partial charge in [0.1, 0.15) is 6.54 Å². The number of amides is 3. The van der Waals surface area contributed by atoms with E-state index >= 15 is 0 Å². The van der Waals surface area contributed by atoms with Gasteiger partial charge < -0.3 is 15.1 Å². The fourth-order valence-corrected chi connectivity index (χ4v) is 4.15. The third-order valence-electron chi connectivity index (χ3n) is 5.89. The number of carbonyl (C=O) groups is 2. The summed E-state index contributed by atoms with van der Waals surface area (Å²) >= 11 is 0. The maximum Gasteiger partial charge on any atom is 0.322 e. The number of carbonyl (C=O) groups excluding carboxylic acids is 2. The molecular weight excluding hydrogens is 400 g/mol. The average Bonchev–Trinajstić information content (AvgIpc) is 2.77. The highest BCUT2D eigenvalue weighted by Crippen LogP contribution is 2.30. The molecule has 0 saturated carbocycles. The lowest BCUT2D eigenvalue weighted by molar-refractivity contribution is -0.131. The number of nitrogens with one attached hydrogen (secondary N) is 1. The molecule has 162 valence electrons. The minimum absolute atomic E-state index is 0.0542. The molecule has 0 fully saturated rings. The van der Waals surface area contributed by atoms with Gasteiger partial charge in [-0.2, -0.15) is 0 Å². The molecule has 1 N–H and O–H groups in total.